The maximum Gasteiger partial charge on any atom is 0.234 e. The van der Waals surface area contributed by atoms with Crippen molar-refractivity contribution in [2.24, 2.45) is 5.41 Å². The van der Waals surface area contributed by atoms with E-state index in [-0.39, 0.29) is 17.1 Å². The van der Waals surface area contributed by atoms with E-state index in [0.717, 1.165) is 54.3 Å². The standard InChI is InChI=1S/C25H22ClFN2O/c26-18-5-8-20(9-6-18)29-24(30)25(12-13-25)17-3-1-16(2-4-17)21-11-14-28-23-10-7-19(27)15-22(21)23/h3,5-11,14-16H,1-2,4,12-13H2,(H,29,30). The minimum atomic E-state index is -0.364. The number of benzene rings is 2. The first kappa shape index (κ1) is 19.3. The van der Waals surface area contributed by atoms with Gasteiger partial charge in [-0.2, -0.15) is 0 Å². The molecule has 5 heteroatoms. The Bertz CT molecular complexity index is 1150. The molecule has 1 N–H and O–H groups in total. The quantitative estimate of drug-likeness (QED) is 0.480. The number of hydrogen-bond donors (Lipinski definition) is 1. The lowest BCUT2D eigenvalue weighted by atomic mass is 9.78. The van der Waals surface area contributed by atoms with Crippen molar-refractivity contribution in [1.82, 2.24) is 4.98 Å². The normalized spacial score (nSPS) is 19.9. The molecule has 0 saturated heterocycles. The molecule has 0 bridgehead atoms. The number of halogens is 2. The lowest BCUT2D eigenvalue weighted by Crippen LogP contribution is -2.27. The first-order valence-corrected chi connectivity index (χ1v) is 10.7. The summed E-state index contributed by atoms with van der Waals surface area (Å²) in [4.78, 5) is 17.4. The van der Waals surface area contributed by atoms with Gasteiger partial charge < -0.3 is 5.32 Å². The third kappa shape index (κ3) is 3.50. The molecule has 3 nitrogen and oxygen atoms in total. The van der Waals surface area contributed by atoms with Crippen LogP contribution in [0.4, 0.5) is 10.1 Å². The van der Waals surface area contributed by atoms with Crippen molar-refractivity contribution >= 4 is 34.1 Å². The molecule has 1 heterocycles. The average molecular weight is 421 g/mol. The van der Waals surface area contributed by atoms with E-state index in [1.807, 2.05) is 18.2 Å². The van der Waals surface area contributed by atoms with Gasteiger partial charge in [0, 0.05) is 22.3 Å². The maximum atomic E-state index is 13.8. The number of rotatable bonds is 4. The molecule has 1 saturated carbocycles. The van der Waals surface area contributed by atoms with Gasteiger partial charge in [0.2, 0.25) is 5.91 Å². The Morgan fingerprint density at radius 3 is 2.63 bits per heavy atom. The van der Waals surface area contributed by atoms with Crippen LogP contribution in [0.25, 0.3) is 10.9 Å². The summed E-state index contributed by atoms with van der Waals surface area (Å²) in [5.74, 6) is 0.154. The number of allylic oxidation sites excluding steroid dienone is 1. The van der Waals surface area contributed by atoms with E-state index in [4.69, 9.17) is 11.6 Å². The number of hydrogen-bond acceptors (Lipinski definition) is 2. The van der Waals surface area contributed by atoms with Gasteiger partial charge >= 0.3 is 0 Å². The summed E-state index contributed by atoms with van der Waals surface area (Å²) >= 11 is 5.93. The molecule has 2 aliphatic rings. The van der Waals surface area contributed by atoms with E-state index in [9.17, 15) is 9.18 Å². The van der Waals surface area contributed by atoms with Crippen LogP contribution in [0.1, 0.15) is 43.6 Å². The number of amides is 1. The van der Waals surface area contributed by atoms with Gasteiger partial charge in [-0.25, -0.2) is 4.39 Å². The van der Waals surface area contributed by atoms with Crippen LogP contribution in [-0.2, 0) is 4.79 Å². The lowest BCUT2D eigenvalue weighted by Gasteiger charge is -2.27. The second-order valence-corrected chi connectivity index (χ2v) is 8.74. The van der Waals surface area contributed by atoms with Crippen LogP contribution in [0.3, 0.4) is 0 Å². The SMILES string of the molecule is O=C(Nc1ccc(Cl)cc1)C1(C2=CCC(c3ccnc4ccc(F)cc34)CC2)CC1. The Morgan fingerprint density at radius 2 is 1.93 bits per heavy atom. The minimum absolute atomic E-state index is 0.0750. The zero-order chi connectivity index (χ0) is 20.7. The molecule has 1 atom stereocenters. The highest BCUT2D eigenvalue weighted by atomic mass is 35.5. The summed E-state index contributed by atoms with van der Waals surface area (Å²) in [6.07, 6.45) is 8.54. The van der Waals surface area contributed by atoms with Gasteiger partial charge in [-0.1, -0.05) is 23.3 Å². The van der Waals surface area contributed by atoms with Crippen LogP contribution >= 0.6 is 11.6 Å². The Kier molecular flexibility index (Phi) is 4.82. The number of aromatic nitrogens is 1. The number of nitrogens with zero attached hydrogens (tertiary/aromatic N) is 1. The predicted octanol–water partition coefficient (Wildman–Crippen LogP) is 6.64. The fourth-order valence-electron chi connectivity index (χ4n) is 4.65. The molecule has 0 spiro atoms. The Morgan fingerprint density at radius 1 is 1.13 bits per heavy atom. The first-order valence-electron chi connectivity index (χ1n) is 10.4. The lowest BCUT2D eigenvalue weighted by molar-refractivity contribution is -0.120. The largest absolute Gasteiger partial charge is 0.325 e. The molecule has 30 heavy (non-hydrogen) atoms. The molecular weight excluding hydrogens is 399 g/mol. The van der Waals surface area contributed by atoms with Crippen LogP contribution in [-0.4, -0.2) is 10.9 Å². The van der Waals surface area contributed by atoms with Crippen LogP contribution in [0.15, 0.2) is 66.4 Å². The summed E-state index contributed by atoms with van der Waals surface area (Å²) < 4.78 is 13.8. The van der Waals surface area contributed by atoms with Gasteiger partial charge in [0.25, 0.3) is 0 Å². The fourth-order valence-corrected chi connectivity index (χ4v) is 4.78. The van der Waals surface area contributed by atoms with Crippen LogP contribution in [0, 0.1) is 11.2 Å². The molecule has 152 valence electrons. The molecule has 1 amide bonds. The number of fused-ring (bicyclic) bond motifs is 1. The van der Waals surface area contributed by atoms with Gasteiger partial charge in [0.15, 0.2) is 0 Å². The smallest absolute Gasteiger partial charge is 0.234 e. The second-order valence-electron chi connectivity index (χ2n) is 8.31. The molecule has 1 unspecified atom stereocenters. The topological polar surface area (TPSA) is 42.0 Å². The second kappa shape index (κ2) is 7.51. The van der Waals surface area contributed by atoms with E-state index in [0.29, 0.717) is 10.9 Å². The number of carbonyl (C=O) groups excluding carboxylic acids is 1. The van der Waals surface area contributed by atoms with E-state index in [2.05, 4.69) is 16.4 Å². The number of pyridine rings is 1. The average Bonchev–Trinajstić information content (AvgIpc) is 3.57. The Labute approximate surface area is 180 Å². The third-order valence-electron chi connectivity index (χ3n) is 6.49. The van der Waals surface area contributed by atoms with Crippen LogP contribution in [0.2, 0.25) is 5.02 Å². The monoisotopic (exact) mass is 420 g/mol. The van der Waals surface area contributed by atoms with Crippen molar-refractivity contribution in [1.29, 1.82) is 0 Å². The van der Waals surface area contributed by atoms with Gasteiger partial charge in [0.05, 0.1) is 10.9 Å². The molecule has 1 aromatic heterocycles. The van der Waals surface area contributed by atoms with E-state index in [1.54, 1.807) is 30.5 Å². The Hall–Kier alpha value is -2.72. The summed E-state index contributed by atoms with van der Waals surface area (Å²) in [5.41, 5.74) is 3.62. The van der Waals surface area contributed by atoms with Gasteiger partial charge in [-0.05, 0) is 92.1 Å². The highest BCUT2D eigenvalue weighted by molar-refractivity contribution is 6.30. The molecule has 1 fully saturated rings. The summed E-state index contributed by atoms with van der Waals surface area (Å²) in [6.45, 7) is 0. The van der Waals surface area contributed by atoms with E-state index < -0.39 is 0 Å². The van der Waals surface area contributed by atoms with Gasteiger partial charge in [-0.15, -0.1) is 0 Å². The van der Waals surface area contributed by atoms with Crippen LogP contribution < -0.4 is 5.32 Å². The molecule has 0 aliphatic heterocycles. The van der Waals surface area contributed by atoms with Crippen molar-refractivity contribution in [2.45, 2.75) is 38.0 Å². The fraction of sp³-hybridized carbons (Fsp3) is 0.280. The predicted molar refractivity (Wildman–Crippen MR) is 118 cm³/mol. The zero-order valence-electron chi connectivity index (χ0n) is 16.5. The van der Waals surface area contributed by atoms with E-state index >= 15 is 0 Å². The molecule has 5 rings (SSSR count). The van der Waals surface area contributed by atoms with E-state index in [1.165, 1.54) is 11.6 Å². The summed E-state index contributed by atoms with van der Waals surface area (Å²) in [7, 11) is 0. The Balaban J connectivity index is 1.35. The van der Waals surface area contributed by atoms with Crippen molar-refractivity contribution < 1.29 is 9.18 Å². The van der Waals surface area contributed by atoms with Gasteiger partial charge in [-0.3, -0.25) is 9.78 Å². The maximum absolute atomic E-state index is 13.8. The highest BCUT2D eigenvalue weighted by Gasteiger charge is 2.52. The van der Waals surface area contributed by atoms with Crippen molar-refractivity contribution in [3.8, 4) is 0 Å². The van der Waals surface area contributed by atoms with Gasteiger partial charge in [0.1, 0.15) is 5.82 Å². The number of carbonyl (C=O) groups is 1. The molecular formula is C25H22ClFN2O. The summed E-state index contributed by atoms with van der Waals surface area (Å²) in [5, 5.41) is 4.60. The molecule has 3 aromatic rings. The van der Waals surface area contributed by atoms with Crippen molar-refractivity contribution in [3.05, 3.63) is 82.8 Å². The summed E-state index contributed by atoms with van der Waals surface area (Å²) in [6, 6.07) is 14.0. The molecule has 0 radical (unpaired) electrons. The van der Waals surface area contributed by atoms with Crippen molar-refractivity contribution in [2.75, 3.05) is 5.32 Å². The third-order valence-corrected chi connectivity index (χ3v) is 6.74. The van der Waals surface area contributed by atoms with Crippen molar-refractivity contribution in [3.63, 3.8) is 0 Å². The minimum Gasteiger partial charge on any atom is -0.325 e. The number of nitrogens with one attached hydrogen (secondary N) is 1. The molecule has 2 aromatic carbocycles. The zero-order valence-corrected chi connectivity index (χ0v) is 17.3. The number of anilines is 1. The first-order chi connectivity index (χ1) is 14.5. The molecule has 2 aliphatic carbocycles. The highest BCUT2D eigenvalue weighted by Crippen LogP contribution is 2.56. The van der Waals surface area contributed by atoms with Crippen LogP contribution in [0.5, 0.6) is 0 Å².